The second-order valence-corrected chi connectivity index (χ2v) is 7.82. The molecule has 8 heteroatoms. The molecule has 0 aliphatic carbocycles. The maximum Gasteiger partial charge on any atom is 0.230 e. The zero-order valence-corrected chi connectivity index (χ0v) is 16.1. The molecule has 0 saturated carbocycles. The Morgan fingerprint density at radius 3 is 2.96 bits per heavy atom. The number of piperidine rings is 1. The van der Waals surface area contributed by atoms with Crippen molar-refractivity contribution in [3.05, 3.63) is 53.3 Å². The van der Waals surface area contributed by atoms with Crippen molar-refractivity contribution in [1.29, 1.82) is 0 Å². The Bertz CT molecular complexity index is 934. The molecule has 2 N–H and O–H groups in total. The van der Waals surface area contributed by atoms with Gasteiger partial charge in [0.2, 0.25) is 5.91 Å². The van der Waals surface area contributed by atoms with E-state index in [1.54, 1.807) is 12.3 Å². The summed E-state index contributed by atoms with van der Waals surface area (Å²) in [7, 11) is 0. The zero-order valence-electron chi connectivity index (χ0n) is 14.5. The Balaban J connectivity index is 1.35. The number of carbonyl (C=O) groups excluding carboxylic acids is 1. The topological polar surface area (TPSA) is 76.1 Å². The lowest BCUT2D eigenvalue weighted by Gasteiger charge is -2.29. The molecule has 1 aromatic carbocycles. The number of pyridine rings is 1. The van der Waals surface area contributed by atoms with E-state index in [-0.39, 0.29) is 17.9 Å². The van der Waals surface area contributed by atoms with E-state index in [1.807, 2.05) is 30.3 Å². The molecule has 3 heterocycles. The summed E-state index contributed by atoms with van der Waals surface area (Å²) >= 11 is 7.42. The van der Waals surface area contributed by atoms with Crippen molar-refractivity contribution in [2.75, 3.05) is 18.4 Å². The Kier molecular flexibility index (Phi) is 5.63. The average molecular weight is 403 g/mol. The number of thiazole rings is 1. The zero-order chi connectivity index (χ0) is 18.6. The van der Waals surface area contributed by atoms with Crippen molar-refractivity contribution < 1.29 is 9.53 Å². The highest BCUT2D eigenvalue weighted by Gasteiger charge is 2.28. The minimum atomic E-state index is -0.167. The van der Waals surface area contributed by atoms with Crippen LogP contribution in [-0.2, 0) is 16.1 Å². The van der Waals surface area contributed by atoms with Gasteiger partial charge in [0.15, 0.2) is 5.13 Å². The number of benzene rings is 1. The van der Waals surface area contributed by atoms with Crippen LogP contribution in [0.3, 0.4) is 0 Å². The Morgan fingerprint density at radius 2 is 2.15 bits per heavy atom. The van der Waals surface area contributed by atoms with Crippen LogP contribution in [0.25, 0.3) is 10.2 Å². The molecule has 0 radical (unpaired) electrons. The first-order valence-electron chi connectivity index (χ1n) is 8.77. The quantitative estimate of drug-likeness (QED) is 0.639. The molecule has 1 amide bonds. The smallest absolute Gasteiger partial charge is 0.230 e. The van der Waals surface area contributed by atoms with E-state index in [2.05, 4.69) is 20.6 Å². The van der Waals surface area contributed by atoms with E-state index in [1.165, 1.54) is 11.3 Å². The number of hydrogen-bond donors (Lipinski definition) is 2. The van der Waals surface area contributed by atoms with E-state index in [9.17, 15) is 4.79 Å². The molecule has 2 atom stereocenters. The van der Waals surface area contributed by atoms with Gasteiger partial charge in [-0.2, -0.15) is 0 Å². The third-order valence-corrected chi connectivity index (χ3v) is 5.89. The minimum absolute atomic E-state index is 0.00344. The minimum Gasteiger partial charge on any atom is -0.372 e. The van der Waals surface area contributed by atoms with Crippen LogP contribution in [0.5, 0.6) is 0 Å². The number of halogens is 1. The summed E-state index contributed by atoms with van der Waals surface area (Å²) in [5.74, 6) is -0.223. The molecule has 6 nitrogen and oxygen atoms in total. The molecule has 2 aromatic heterocycles. The number of carbonyl (C=O) groups is 1. The van der Waals surface area contributed by atoms with Crippen LogP contribution >= 0.6 is 22.9 Å². The van der Waals surface area contributed by atoms with Gasteiger partial charge in [-0.25, -0.2) is 9.97 Å². The molecule has 2 unspecified atom stereocenters. The number of ether oxygens (including phenoxy) is 1. The molecule has 4 rings (SSSR count). The summed E-state index contributed by atoms with van der Waals surface area (Å²) in [6.07, 6.45) is 2.29. The van der Waals surface area contributed by atoms with Gasteiger partial charge in [-0.05, 0) is 18.1 Å². The number of nitrogens with one attached hydrogen (secondary N) is 2. The third-order valence-electron chi connectivity index (χ3n) is 4.50. The average Bonchev–Trinajstić information content (AvgIpc) is 3.11. The standard InChI is InChI=1S/C19H19ClN4O2S/c20-17-16-15(6-7-22-17)23-19(27-16)24-18(25)13-8-14(10-21-9-13)26-11-12-4-2-1-3-5-12/h1-7,13-14,21H,8-11H2,(H,23,24,25). The summed E-state index contributed by atoms with van der Waals surface area (Å²) in [4.78, 5) is 21.1. The highest BCUT2D eigenvalue weighted by atomic mass is 35.5. The van der Waals surface area contributed by atoms with Crippen molar-refractivity contribution in [3.8, 4) is 0 Å². The van der Waals surface area contributed by atoms with Gasteiger partial charge in [-0.15, -0.1) is 0 Å². The fourth-order valence-electron chi connectivity index (χ4n) is 3.10. The van der Waals surface area contributed by atoms with Crippen molar-refractivity contribution in [2.24, 2.45) is 5.92 Å². The van der Waals surface area contributed by atoms with Gasteiger partial charge in [-0.1, -0.05) is 53.3 Å². The van der Waals surface area contributed by atoms with Gasteiger partial charge in [0.25, 0.3) is 0 Å². The maximum atomic E-state index is 12.7. The summed E-state index contributed by atoms with van der Waals surface area (Å²) in [5, 5.41) is 7.14. The lowest BCUT2D eigenvalue weighted by molar-refractivity contribution is -0.122. The van der Waals surface area contributed by atoms with E-state index >= 15 is 0 Å². The predicted octanol–water partition coefficient (Wildman–Crippen LogP) is 3.48. The fourth-order valence-corrected chi connectivity index (χ4v) is 4.22. The van der Waals surface area contributed by atoms with E-state index < -0.39 is 0 Å². The molecule has 0 spiro atoms. The van der Waals surface area contributed by atoms with Gasteiger partial charge in [0.05, 0.1) is 28.8 Å². The molecular weight excluding hydrogens is 384 g/mol. The third kappa shape index (κ3) is 4.44. The van der Waals surface area contributed by atoms with Crippen molar-refractivity contribution in [2.45, 2.75) is 19.1 Å². The first kappa shape index (κ1) is 18.3. The number of hydrogen-bond acceptors (Lipinski definition) is 6. The highest BCUT2D eigenvalue weighted by molar-refractivity contribution is 7.22. The van der Waals surface area contributed by atoms with Gasteiger partial charge < -0.3 is 15.4 Å². The summed E-state index contributed by atoms with van der Waals surface area (Å²) in [6, 6.07) is 11.8. The number of amides is 1. The first-order valence-corrected chi connectivity index (χ1v) is 9.96. The van der Waals surface area contributed by atoms with Crippen LogP contribution in [0.1, 0.15) is 12.0 Å². The number of aromatic nitrogens is 2. The van der Waals surface area contributed by atoms with Gasteiger partial charge in [0.1, 0.15) is 5.15 Å². The molecule has 27 heavy (non-hydrogen) atoms. The van der Waals surface area contributed by atoms with Crippen molar-refractivity contribution >= 4 is 44.2 Å². The second-order valence-electron chi connectivity index (χ2n) is 6.47. The molecule has 140 valence electrons. The molecule has 1 aliphatic heterocycles. The Hall–Kier alpha value is -2.06. The largest absolute Gasteiger partial charge is 0.372 e. The van der Waals surface area contributed by atoms with Crippen LogP contribution < -0.4 is 10.6 Å². The Labute approximate surface area is 165 Å². The van der Waals surface area contributed by atoms with Gasteiger partial charge in [0, 0.05) is 19.3 Å². The van der Waals surface area contributed by atoms with Crippen LogP contribution in [0.15, 0.2) is 42.6 Å². The SMILES string of the molecule is O=C(Nc1nc2ccnc(Cl)c2s1)C1CNCC(OCc2ccccc2)C1. The maximum absolute atomic E-state index is 12.7. The van der Waals surface area contributed by atoms with Crippen LogP contribution in [0.2, 0.25) is 5.15 Å². The molecule has 1 aliphatic rings. The van der Waals surface area contributed by atoms with Crippen molar-refractivity contribution in [1.82, 2.24) is 15.3 Å². The van der Waals surface area contributed by atoms with Gasteiger partial charge >= 0.3 is 0 Å². The number of rotatable bonds is 5. The second kappa shape index (κ2) is 8.31. The normalized spacial score (nSPS) is 19.9. The molecule has 1 fully saturated rings. The van der Waals surface area contributed by atoms with Crippen LogP contribution in [0, 0.1) is 5.92 Å². The molecular formula is C19H19ClN4O2S. The van der Waals surface area contributed by atoms with Crippen molar-refractivity contribution in [3.63, 3.8) is 0 Å². The van der Waals surface area contributed by atoms with Crippen LogP contribution in [0.4, 0.5) is 5.13 Å². The lowest BCUT2D eigenvalue weighted by atomic mass is 9.96. The molecule has 3 aromatic rings. The summed E-state index contributed by atoms with van der Waals surface area (Å²) in [6.45, 7) is 1.92. The lowest BCUT2D eigenvalue weighted by Crippen LogP contribution is -2.45. The first-order chi connectivity index (χ1) is 13.2. The summed E-state index contributed by atoms with van der Waals surface area (Å²) < 4.78 is 6.76. The Morgan fingerprint density at radius 1 is 1.30 bits per heavy atom. The summed E-state index contributed by atoms with van der Waals surface area (Å²) in [5.41, 5.74) is 1.87. The number of nitrogens with zero attached hydrogens (tertiary/aromatic N) is 2. The number of anilines is 1. The van der Waals surface area contributed by atoms with E-state index in [4.69, 9.17) is 16.3 Å². The molecule has 1 saturated heterocycles. The predicted molar refractivity (Wildman–Crippen MR) is 107 cm³/mol. The number of fused-ring (bicyclic) bond motifs is 1. The highest BCUT2D eigenvalue weighted by Crippen LogP contribution is 2.30. The fraction of sp³-hybridized carbons (Fsp3) is 0.316. The van der Waals surface area contributed by atoms with E-state index in [0.717, 1.165) is 22.3 Å². The van der Waals surface area contributed by atoms with Crippen LogP contribution in [-0.4, -0.2) is 35.1 Å². The van der Waals surface area contributed by atoms with Gasteiger partial charge in [-0.3, -0.25) is 4.79 Å². The molecule has 0 bridgehead atoms. The van der Waals surface area contributed by atoms with E-state index in [0.29, 0.717) is 29.9 Å². The monoisotopic (exact) mass is 402 g/mol.